The molecule has 0 aliphatic carbocycles. The van der Waals surface area contributed by atoms with E-state index in [1.165, 1.54) is 15.6 Å². The summed E-state index contributed by atoms with van der Waals surface area (Å²) in [6.07, 6.45) is 1.95. The monoisotopic (exact) mass is 464 g/mol. The van der Waals surface area contributed by atoms with Gasteiger partial charge in [0.15, 0.2) is 5.96 Å². The van der Waals surface area contributed by atoms with Crippen LogP contribution in [0.15, 0.2) is 4.99 Å². The van der Waals surface area contributed by atoms with E-state index in [4.69, 9.17) is 9.98 Å². The van der Waals surface area contributed by atoms with E-state index in [9.17, 15) is 0 Å². The van der Waals surface area contributed by atoms with E-state index in [0.29, 0.717) is 5.41 Å². The van der Waals surface area contributed by atoms with E-state index in [-0.39, 0.29) is 29.5 Å². The first kappa shape index (κ1) is 21.7. The van der Waals surface area contributed by atoms with Gasteiger partial charge in [-0.05, 0) is 34.1 Å². The zero-order chi connectivity index (χ0) is 17.3. The lowest BCUT2D eigenvalue weighted by atomic mass is 9.65. The van der Waals surface area contributed by atoms with Crippen molar-refractivity contribution < 1.29 is 0 Å². The van der Waals surface area contributed by atoms with Crippen molar-refractivity contribution in [1.82, 2.24) is 15.2 Å². The van der Waals surface area contributed by atoms with Gasteiger partial charge in [-0.15, -0.1) is 35.3 Å². The van der Waals surface area contributed by atoms with Crippen LogP contribution in [0.2, 0.25) is 0 Å². The summed E-state index contributed by atoms with van der Waals surface area (Å²) >= 11 is 1.82. The first-order chi connectivity index (χ1) is 10.7. The van der Waals surface area contributed by atoms with Crippen molar-refractivity contribution in [3.05, 3.63) is 15.6 Å². The van der Waals surface area contributed by atoms with E-state index in [1.54, 1.807) is 0 Å². The lowest BCUT2D eigenvalue weighted by Gasteiger charge is -2.62. The molecule has 2 heterocycles. The first-order valence-electron chi connectivity index (χ1n) is 8.74. The van der Waals surface area contributed by atoms with Gasteiger partial charge in [0, 0.05) is 41.9 Å². The zero-order valence-corrected chi connectivity index (χ0v) is 19.3. The molecule has 0 aromatic carbocycles. The van der Waals surface area contributed by atoms with E-state index in [0.717, 1.165) is 38.4 Å². The quantitative estimate of drug-likeness (QED) is 0.402. The molecule has 0 spiro atoms. The summed E-state index contributed by atoms with van der Waals surface area (Å²) in [5.74, 6) is 1.04. The topological polar surface area (TPSA) is 40.5 Å². The minimum Gasteiger partial charge on any atom is -0.356 e. The van der Waals surface area contributed by atoms with Gasteiger partial charge in [0.1, 0.15) is 0 Å². The van der Waals surface area contributed by atoms with E-state index in [2.05, 4.69) is 58.7 Å². The lowest BCUT2D eigenvalue weighted by molar-refractivity contribution is -0.0667. The van der Waals surface area contributed by atoms with E-state index in [1.807, 2.05) is 11.3 Å². The number of rotatable bonds is 5. The smallest absolute Gasteiger partial charge is 0.194 e. The van der Waals surface area contributed by atoms with Gasteiger partial charge in [-0.1, -0.05) is 20.8 Å². The highest BCUT2D eigenvalue weighted by atomic mass is 127. The van der Waals surface area contributed by atoms with Crippen molar-refractivity contribution in [2.45, 2.75) is 66.8 Å². The van der Waals surface area contributed by atoms with Crippen molar-refractivity contribution in [2.75, 3.05) is 19.6 Å². The fourth-order valence-electron chi connectivity index (χ4n) is 2.98. The van der Waals surface area contributed by atoms with E-state index >= 15 is 0 Å². The molecule has 6 heteroatoms. The summed E-state index contributed by atoms with van der Waals surface area (Å²) in [5.41, 5.74) is 1.71. The molecule has 0 radical (unpaired) electrons. The molecule has 1 aliphatic heterocycles. The fraction of sp³-hybridized carbons (Fsp3) is 0.778. The van der Waals surface area contributed by atoms with Gasteiger partial charge in [-0.2, -0.15) is 0 Å². The van der Waals surface area contributed by atoms with Crippen molar-refractivity contribution in [2.24, 2.45) is 10.4 Å². The Hall–Kier alpha value is -0.370. The molecular weight excluding hydrogens is 431 g/mol. The number of thiazole rings is 1. The number of aryl methyl sites for hydroxylation is 2. The number of hydrogen-bond donors (Lipinski definition) is 1. The lowest BCUT2D eigenvalue weighted by Crippen LogP contribution is -2.72. The fourth-order valence-corrected chi connectivity index (χ4v) is 3.99. The molecule has 0 saturated carbocycles. The Morgan fingerprint density at radius 1 is 1.29 bits per heavy atom. The van der Waals surface area contributed by atoms with Crippen LogP contribution >= 0.6 is 35.3 Å². The average Bonchev–Trinajstić information content (AvgIpc) is 2.84. The second kappa shape index (κ2) is 8.34. The number of nitrogens with zero attached hydrogens (tertiary/aromatic N) is 3. The molecule has 1 aliphatic rings. The minimum absolute atomic E-state index is 0. The molecule has 1 N–H and O–H groups in total. The van der Waals surface area contributed by atoms with Crippen LogP contribution in [0, 0.1) is 12.3 Å². The summed E-state index contributed by atoms with van der Waals surface area (Å²) in [6, 6.07) is 0. The van der Waals surface area contributed by atoms with Gasteiger partial charge in [0.05, 0.1) is 10.7 Å². The Morgan fingerprint density at radius 2 is 1.96 bits per heavy atom. The number of guanidine groups is 1. The van der Waals surface area contributed by atoms with Gasteiger partial charge >= 0.3 is 0 Å². The largest absolute Gasteiger partial charge is 0.356 e. The maximum absolute atomic E-state index is 4.85. The van der Waals surface area contributed by atoms with Gasteiger partial charge in [-0.25, -0.2) is 4.98 Å². The summed E-state index contributed by atoms with van der Waals surface area (Å²) in [4.78, 5) is 13.3. The maximum atomic E-state index is 4.85. The number of nitrogens with one attached hydrogen (secondary N) is 1. The Labute approximate surface area is 168 Å². The van der Waals surface area contributed by atoms with E-state index < -0.39 is 0 Å². The molecule has 24 heavy (non-hydrogen) atoms. The van der Waals surface area contributed by atoms with Crippen LogP contribution in [0.25, 0.3) is 0 Å². The third kappa shape index (κ3) is 4.23. The minimum atomic E-state index is 0. The highest BCUT2D eigenvalue weighted by Gasteiger charge is 2.53. The van der Waals surface area contributed by atoms with Crippen LogP contribution in [-0.2, 0) is 12.8 Å². The molecular formula is C18H33IN4S. The van der Waals surface area contributed by atoms with Crippen LogP contribution < -0.4 is 5.32 Å². The molecule has 138 valence electrons. The maximum Gasteiger partial charge on any atom is 0.194 e. The second-order valence-corrected chi connectivity index (χ2v) is 8.77. The molecule has 2 rings (SSSR count). The summed E-state index contributed by atoms with van der Waals surface area (Å²) in [7, 11) is 0. The average molecular weight is 464 g/mol. The number of likely N-dealkylation sites (tertiary alicyclic amines) is 1. The molecule has 1 fully saturated rings. The molecule has 0 unspecified atom stereocenters. The van der Waals surface area contributed by atoms with Crippen molar-refractivity contribution in [3.63, 3.8) is 0 Å². The van der Waals surface area contributed by atoms with Crippen LogP contribution in [0.4, 0.5) is 0 Å². The van der Waals surface area contributed by atoms with Gasteiger partial charge in [-0.3, -0.25) is 4.99 Å². The molecule has 0 amide bonds. The Kier molecular flexibility index (Phi) is 7.53. The number of aliphatic imine (C=N–C) groups is 1. The molecule has 0 atom stereocenters. The number of aromatic nitrogens is 1. The summed E-state index contributed by atoms with van der Waals surface area (Å²) in [5, 5.41) is 4.66. The molecule has 1 saturated heterocycles. The molecule has 1 aromatic heterocycles. The predicted molar refractivity (Wildman–Crippen MR) is 116 cm³/mol. The van der Waals surface area contributed by atoms with Gasteiger partial charge in [0.2, 0.25) is 0 Å². The highest BCUT2D eigenvalue weighted by Crippen LogP contribution is 2.46. The Balaban J connectivity index is 0.00000288. The van der Waals surface area contributed by atoms with Crippen LogP contribution in [-0.4, -0.2) is 41.0 Å². The van der Waals surface area contributed by atoms with Crippen molar-refractivity contribution in [3.8, 4) is 0 Å². The summed E-state index contributed by atoms with van der Waals surface area (Å²) < 4.78 is 0. The van der Waals surface area contributed by atoms with Crippen molar-refractivity contribution >= 4 is 41.3 Å². The van der Waals surface area contributed by atoms with Crippen LogP contribution in [0.5, 0.6) is 0 Å². The number of hydrogen-bond acceptors (Lipinski definition) is 3. The third-order valence-corrected chi connectivity index (χ3v) is 6.41. The molecule has 1 aromatic rings. The van der Waals surface area contributed by atoms with Gasteiger partial charge in [0.25, 0.3) is 0 Å². The molecule has 0 bridgehead atoms. The van der Waals surface area contributed by atoms with Crippen LogP contribution in [0.1, 0.15) is 57.1 Å². The Bertz CT molecular complexity index is 578. The highest BCUT2D eigenvalue weighted by molar-refractivity contribution is 14.0. The Morgan fingerprint density at radius 3 is 2.42 bits per heavy atom. The van der Waals surface area contributed by atoms with Crippen molar-refractivity contribution in [1.29, 1.82) is 0 Å². The number of halogens is 1. The van der Waals surface area contributed by atoms with Crippen LogP contribution in [0.3, 0.4) is 0 Å². The third-order valence-electron chi connectivity index (χ3n) is 5.33. The molecule has 4 nitrogen and oxygen atoms in total. The second-order valence-electron chi connectivity index (χ2n) is 7.48. The SMILES string of the molecule is CCNC(=NCCc1nc(CC)c(C)s1)N1CC(C)(C)C1(C)C.I. The predicted octanol–water partition coefficient (Wildman–Crippen LogP) is 4.26. The standard InChI is InChI=1S/C18H32N4S.HI/c1-8-14-13(3)23-15(21-14)10-11-20-16(19-9-2)22-12-17(4,5)18(22,6)7;/h8-12H2,1-7H3,(H,19,20);1H. The first-order valence-corrected chi connectivity index (χ1v) is 9.55. The zero-order valence-electron chi connectivity index (χ0n) is 16.2. The normalized spacial score (nSPS) is 18.8. The van der Waals surface area contributed by atoms with Gasteiger partial charge < -0.3 is 10.2 Å². The summed E-state index contributed by atoms with van der Waals surface area (Å²) in [6.45, 7) is 18.5.